The van der Waals surface area contributed by atoms with Crippen LogP contribution in [0.3, 0.4) is 0 Å². The summed E-state index contributed by atoms with van der Waals surface area (Å²) in [5.41, 5.74) is 1.01. The van der Waals surface area contributed by atoms with Gasteiger partial charge in [-0.15, -0.1) is 0 Å². The third-order valence-corrected chi connectivity index (χ3v) is 6.69. The van der Waals surface area contributed by atoms with Crippen molar-refractivity contribution in [2.45, 2.75) is 44.8 Å². The molecule has 4 rings (SSSR count). The highest BCUT2D eigenvalue weighted by Gasteiger charge is 2.36. The van der Waals surface area contributed by atoms with Crippen molar-refractivity contribution in [1.29, 1.82) is 0 Å². The number of anilines is 2. The van der Waals surface area contributed by atoms with Gasteiger partial charge in [-0.2, -0.15) is 0 Å². The van der Waals surface area contributed by atoms with Gasteiger partial charge in [-0.3, -0.25) is 24.0 Å². The molecule has 0 saturated carbocycles. The highest BCUT2D eigenvalue weighted by atomic mass is 16.2. The first-order valence-corrected chi connectivity index (χ1v) is 11.9. The maximum Gasteiger partial charge on any atom is 0.256 e. The van der Waals surface area contributed by atoms with Crippen LogP contribution in [0.1, 0.15) is 47.4 Å². The predicted molar refractivity (Wildman–Crippen MR) is 133 cm³/mol. The number of amides is 5. The van der Waals surface area contributed by atoms with Gasteiger partial charge in [0.15, 0.2) is 0 Å². The van der Waals surface area contributed by atoms with E-state index >= 15 is 0 Å². The first-order valence-electron chi connectivity index (χ1n) is 11.9. The Morgan fingerprint density at radius 3 is 2.08 bits per heavy atom. The highest BCUT2D eigenvalue weighted by Crippen LogP contribution is 2.26. The van der Waals surface area contributed by atoms with Crippen molar-refractivity contribution in [1.82, 2.24) is 15.1 Å². The molecule has 1 saturated heterocycles. The Bertz CT molecular complexity index is 1230. The number of carbonyl (C=O) groups excluding carboxylic acids is 5. The number of nitrogens with zero attached hydrogens (tertiary/aromatic N) is 2. The van der Waals surface area contributed by atoms with Crippen LogP contribution < -0.4 is 16.0 Å². The molecular weight excluding hydrogens is 462 g/mol. The Morgan fingerprint density at radius 2 is 1.39 bits per heavy atom. The van der Waals surface area contributed by atoms with Gasteiger partial charge in [0.05, 0.1) is 22.5 Å². The zero-order valence-corrected chi connectivity index (χ0v) is 20.4. The number of rotatable bonds is 0. The molecular formula is C26H29N5O5. The van der Waals surface area contributed by atoms with Crippen LogP contribution in [0.4, 0.5) is 11.4 Å². The molecule has 10 heteroatoms. The Hall–Kier alpha value is -4.21. The highest BCUT2D eigenvalue weighted by molar-refractivity contribution is 6.09. The van der Waals surface area contributed by atoms with E-state index in [1.165, 1.54) is 23.8 Å². The van der Waals surface area contributed by atoms with E-state index in [0.29, 0.717) is 25.1 Å². The fraction of sp³-hybridized carbons (Fsp3) is 0.346. The Morgan fingerprint density at radius 1 is 0.806 bits per heavy atom. The topological polar surface area (TPSA) is 128 Å². The van der Waals surface area contributed by atoms with Crippen molar-refractivity contribution < 1.29 is 24.0 Å². The lowest BCUT2D eigenvalue weighted by Crippen LogP contribution is -2.51. The first-order chi connectivity index (χ1) is 17.2. The largest absolute Gasteiger partial charge is 0.340 e. The van der Waals surface area contributed by atoms with Crippen LogP contribution >= 0.6 is 0 Å². The molecule has 0 bridgehead atoms. The van der Waals surface area contributed by atoms with Crippen LogP contribution in [0, 0.1) is 0 Å². The van der Waals surface area contributed by atoms with E-state index in [9.17, 15) is 24.0 Å². The average Bonchev–Trinajstić information content (AvgIpc) is 3.37. The maximum absolute atomic E-state index is 13.5. The minimum atomic E-state index is -0.934. The van der Waals surface area contributed by atoms with Gasteiger partial charge in [0, 0.05) is 13.6 Å². The van der Waals surface area contributed by atoms with E-state index in [1.54, 1.807) is 55.5 Å². The summed E-state index contributed by atoms with van der Waals surface area (Å²) in [6.07, 6.45) is 1.11. The van der Waals surface area contributed by atoms with Gasteiger partial charge < -0.3 is 25.8 Å². The normalized spacial score (nSPS) is 23.6. The van der Waals surface area contributed by atoms with Crippen LogP contribution in [0.15, 0.2) is 48.5 Å². The predicted octanol–water partition coefficient (Wildman–Crippen LogP) is 1.85. The standard InChI is InChI=1S/C26H29N5O5/c1-15-25(35)30(3)16(2)22(32)28-20-12-7-5-10-18(20)26(36)31-14-8-13-21(31)24(34)29-19-11-6-4-9-17(19)23(33)27-15/h4-7,9-12,15-16,21H,8,13-14H2,1-3H3,(H,27,33)(H,28,32)(H,29,34). The van der Waals surface area contributed by atoms with E-state index in [0.717, 1.165) is 0 Å². The van der Waals surface area contributed by atoms with Crippen LogP contribution in [0.25, 0.3) is 0 Å². The number of carbonyl (C=O) groups is 5. The molecule has 2 aliphatic rings. The van der Waals surface area contributed by atoms with Crippen LogP contribution in [0.2, 0.25) is 0 Å². The van der Waals surface area contributed by atoms with Crippen molar-refractivity contribution >= 4 is 40.9 Å². The first kappa shape index (κ1) is 24.9. The van der Waals surface area contributed by atoms with E-state index in [2.05, 4.69) is 16.0 Å². The molecule has 0 aromatic heterocycles. The van der Waals surface area contributed by atoms with Gasteiger partial charge in [-0.05, 0) is 51.0 Å². The molecule has 36 heavy (non-hydrogen) atoms. The summed E-state index contributed by atoms with van der Waals surface area (Å²) in [7, 11) is 1.48. The van der Waals surface area contributed by atoms with Crippen LogP contribution in [0.5, 0.6) is 0 Å². The molecule has 10 nitrogen and oxygen atoms in total. The quantitative estimate of drug-likeness (QED) is 0.518. The van der Waals surface area contributed by atoms with Gasteiger partial charge in [0.25, 0.3) is 11.8 Å². The second kappa shape index (κ2) is 10.2. The smallest absolute Gasteiger partial charge is 0.256 e. The summed E-state index contributed by atoms with van der Waals surface area (Å²) < 4.78 is 0. The van der Waals surface area contributed by atoms with E-state index in [-0.39, 0.29) is 22.7 Å². The monoisotopic (exact) mass is 491 g/mol. The fourth-order valence-corrected chi connectivity index (χ4v) is 4.47. The molecule has 0 radical (unpaired) electrons. The molecule has 2 aromatic carbocycles. The summed E-state index contributed by atoms with van der Waals surface area (Å²) in [6.45, 7) is 3.47. The minimum Gasteiger partial charge on any atom is -0.340 e. The summed E-state index contributed by atoms with van der Waals surface area (Å²) >= 11 is 0. The van der Waals surface area contributed by atoms with Crippen molar-refractivity contribution in [3.63, 3.8) is 0 Å². The number of likely N-dealkylation sites (N-methyl/N-ethyl adjacent to an activating group) is 1. The summed E-state index contributed by atoms with van der Waals surface area (Å²) in [4.78, 5) is 68.5. The Kier molecular flexibility index (Phi) is 7.05. The molecule has 3 atom stereocenters. The van der Waals surface area contributed by atoms with Gasteiger partial charge in [0.1, 0.15) is 18.1 Å². The Labute approximate surface area is 209 Å². The molecule has 3 unspecified atom stereocenters. The zero-order valence-electron chi connectivity index (χ0n) is 20.4. The second-order valence-electron chi connectivity index (χ2n) is 9.05. The maximum atomic E-state index is 13.5. The van der Waals surface area contributed by atoms with Crippen LogP contribution in [-0.4, -0.2) is 71.1 Å². The molecule has 2 aliphatic heterocycles. The Balaban J connectivity index is 1.76. The van der Waals surface area contributed by atoms with E-state index in [1.807, 2.05) is 0 Å². The average molecular weight is 492 g/mol. The van der Waals surface area contributed by atoms with Gasteiger partial charge in [0.2, 0.25) is 17.7 Å². The number of fused-ring (bicyclic) bond motifs is 3. The summed E-state index contributed by atoms with van der Waals surface area (Å²) in [5, 5.41) is 8.19. The third-order valence-electron chi connectivity index (χ3n) is 6.69. The minimum absolute atomic E-state index is 0.185. The summed E-state index contributed by atoms with van der Waals surface area (Å²) in [5.74, 6) is -2.31. The third kappa shape index (κ3) is 4.79. The molecule has 2 aromatic rings. The number of para-hydroxylation sites is 2. The number of hydrogen-bond donors (Lipinski definition) is 3. The van der Waals surface area contributed by atoms with Gasteiger partial charge in [-0.25, -0.2) is 0 Å². The SMILES string of the molecule is CC1NC(=O)c2ccccc2NC(=O)C2CCCN2C(=O)c2ccccc2NC(=O)C(C)N(C)C1=O. The lowest BCUT2D eigenvalue weighted by molar-refractivity contribution is -0.137. The van der Waals surface area contributed by atoms with Crippen LogP contribution in [-0.2, 0) is 14.4 Å². The van der Waals surface area contributed by atoms with Gasteiger partial charge in [-0.1, -0.05) is 24.3 Å². The zero-order chi connectivity index (χ0) is 26.0. The fourth-order valence-electron chi connectivity index (χ4n) is 4.47. The van der Waals surface area contributed by atoms with Crippen molar-refractivity contribution in [3.8, 4) is 0 Å². The molecule has 0 spiro atoms. The van der Waals surface area contributed by atoms with E-state index < -0.39 is 41.8 Å². The lowest BCUT2D eigenvalue weighted by atomic mass is 10.1. The van der Waals surface area contributed by atoms with Crippen molar-refractivity contribution in [2.75, 3.05) is 24.2 Å². The lowest BCUT2D eigenvalue weighted by Gasteiger charge is -2.28. The second-order valence-corrected chi connectivity index (χ2v) is 9.05. The molecule has 3 N–H and O–H groups in total. The molecule has 0 aliphatic carbocycles. The number of benzene rings is 2. The summed E-state index contributed by atoms with van der Waals surface area (Å²) in [6, 6.07) is 10.5. The molecule has 5 amide bonds. The van der Waals surface area contributed by atoms with E-state index in [4.69, 9.17) is 0 Å². The van der Waals surface area contributed by atoms with Gasteiger partial charge >= 0.3 is 0 Å². The number of nitrogens with one attached hydrogen (secondary N) is 3. The van der Waals surface area contributed by atoms with Crippen molar-refractivity contribution in [2.24, 2.45) is 0 Å². The molecule has 2 heterocycles. The van der Waals surface area contributed by atoms with Crippen molar-refractivity contribution in [3.05, 3.63) is 59.7 Å². The number of hydrogen-bond acceptors (Lipinski definition) is 5. The molecule has 1 fully saturated rings. The molecule has 188 valence electrons.